The summed E-state index contributed by atoms with van der Waals surface area (Å²) in [5.74, 6) is 1.19. The average molecular weight is 377 g/mol. The van der Waals surface area contributed by atoms with Gasteiger partial charge in [-0.25, -0.2) is 0 Å². The predicted molar refractivity (Wildman–Crippen MR) is 101 cm³/mol. The lowest BCUT2D eigenvalue weighted by molar-refractivity contribution is -0.119. The molecule has 0 amide bonds. The number of ketones is 1. The molecule has 2 aromatic rings. The monoisotopic (exact) mass is 376 g/mol. The maximum absolute atomic E-state index is 12.3. The molecular weight excluding hydrogens is 356 g/mol. The van der Waals surface area contributed by atoms with Crippen LogP contribution in [0.4, 0.5) is 5.95 Å². The zero-order valence-corrected chi connectivity index (χ0v) is 15.6. The number of carbonyl (C=O) groups excluding carboxylic acids is 1. The number of anilines is 1. The van der Waals surface area contributed by atoms with Gasteiger partial charge in [0.15, 0.2) is 5.16 Å². The highest BCUT2D eigenvalue weighted by atomic mass is 35.5. The van der Waals surface area contributed by atoms with Crippen LogP contribution in [0.2, 0.25) is 5.02 Å². The molecule has 1 aromatic carbocycles. The van der Waals surface area contributed by atoms with Crippen molar-refractivity contribution in [1.29, 1.82) is 0 Å². The predicted octanol–water partition coefficient (Wildman–Crippen LogP) is 4.12. The lowest BCUT2D eigenvalue weighted by Gasteiger charge is -2.21. The molecule has 1 saturated carbocycles. The molecule has 1 aromatic heterocycles. The number of rotatable bonds is 4. The van der Waals surface area contributed by atoms with E-state index in [2.05, 4.69) is 19.7 Å². The van der Waals surface area contributed by atoms with Crippen LogP contribution in [0.25, 0.3) is 5.69 Å². The highest BCUT2D eigenvalue weighted by Crippen LogP contribution is 2.35. The standard InChI is InChI=1S/C18H21ClN4OS/c19-13-6-5-7-14(12-13)23-17(22-10-3-4-11-22)20-21-18(23)25-16-9-2-1-8-15(16)24/h5-7,12,16H,1-4,8-11H2. The Bertz CT molecular complexity index is 772. The molecule has 0 radical (unpaired) electrons. The highest BCUT2D eigenvalue weighted by molar-refractivity contribution is 8.00. The van der Waals surface area contributed by atoms with E-state index in [0.717, 1.165) is 49.1 Å². The fraction of sp³-hybridized carbons (Fsp3) is 0.500. The van der Waals surface area contributed by atoms with E-state index in [0.29, 0.717) is 17.2 Å². The SMILES string of the molecule is O=C1CCCCC1Sc1nnc(N2CCCC2)n1-c1cccc(Cl)c1. The van der Waals surface area contributed by atoms with E-state index in [9.17, 15) is 4.79 Å². The van der Waals surface area contributed by atoms with E-state index in [1.807, 2.05) is 24.3 Å². The van der Waals surface area contributed by atoms with Crippen LogP contribution >= 0.6 is 23.4 Å². The fourth-order valence-corrected chi connectivity index (χ4v) is 4.86. The number of hydrogen-bond donors (Lipinski definition) is 0. The molecule has 1 aliphatic carbocycles. The van der Waals surface area contributed by atoms with Gasteiger partial charge in [-0.3, -0.25) is 9.36 Å². The Hall–Kier alpha value is -1.53. The fourth-order valence-electron chi connectivity index (χ4n) is 3.50. The molecule has 0 spiro atoms. The van der Waals surface area contributed by atoms with Crippen molar-refractivity contribution in [3.8, 4) is 5.69 Å². The molecule has 1 atom stereocenters. The van der Waals surface area contributed by atoms with E-state index in [1.54, 1.807) is 11.8 Å². The number of benzene rings is 1. The van der Waals surface area contributed by atoms with Crippen molar-refractivity contribution >= 4 is 35.1 Å². The second-order valence-corrected chi connectivity index (χ2v) is 8.22. The number of hydrogen-bond acceptors (Lipinski definition) is 5. The molecule has 1 unspecified atom stereocenters. The van der Waals surface area contributed by atoms with Crippen LogP contribution < -0.4 is 4.90 Å². The van der Waals surface area contributed by atoms with Gasteiger partial charge in [0, 0.05) is 24.5 Å². The van der Waals surface area contributed by atoms with Gasteiger partial charge in [0.2, 0.25) is 5.95 Å². The van der Waals surface area contributed by atoms with Crippen LogP contribution in [0.1, 0.15) is 38.5 Å². The average Bonchev–Trinajstić information content (AvgIpc) is 3.26. The van der Waals surface area contributed by atoms with Crippen molar-refractivity contribution in [2.75, 3.05) is 18.0 Å². The number of thioether (sulfide) groups is 1. The zero-order chi connectivity index (χ0) is 17.2. The lowest BCUT2D eigenvalue weighted by Crippen LogP contribution is -2.23. The smallest absolute Gasteiger partial charge is 0.232 e. The first kappa shape index (κ1) is 16.9. The minimum atomic E-state index is -0.0117. The molecule has 2 heterocycles. The highest BCUT2D eigenvalue weighted by Gasteiger charge is 2.28. The first-order valence-electron chi connectivity index (χ1n) is 8.88. The quantitative estimate of drug-likeness (QED) is 0.803. The molecule has 5 nitrogen and oxygen atoms in total. The summed E-state index contributed by atoms with van der Waals surface area (Å²) in [6.07, 6.45) is 6.06. The minimum absolute atomic E-state index is 0.0117. The number of halogens is 1. The van der Waals surface area contributed by atoms with Gasteiger partial charge >= 0.3 is 0 Å². The maximum atomic E-state index is 12.3. The summed E-state index contributed by atoms with van der Waals surface area (Å²) in [7, 11) is 0. The molecule has 132 valence electrons. The number of aromatic nitrogens is 3. The Balaban J connectivity index is 1.72. The minimum Gasteiger partial charge on any atom is -0.341 e. The molecular formula is C18H21ClN4OS. The molecule has 2 aliphatic rings. The molecule has 25 heavy (non-hydrogen) atoms. The molecule has 0 bridgehead atoms. The third kappa shape index (κ3) is 3.55. The summed E-state index contributed by atoms with van der Waals surface area (Å²) in [4.78, 5) is 14.5. The van der Waals surface area contributed by atoms with Crippen molar-refractivity contribution in [2.24, 2.45) is 0 Å². The molecule has 4 rings (SSSR count). The van der Waals surface area contributed by atoms with E-state index < -0.39 is 0 Å². The van der Waals surface area contributed by atoms with Gasteiger partial charge in [0.25, 0.3) is 0 Å². The maximum Gasteiger partial charge on any atom is 0.232 e. The second-order valence-electron chi connectivity index (χ2n) is 6.61. The van der Waals surface area contributed by atoms with Crippen LogP contribution in [-0.4, -0.2) is 38.9 Å². The van der Waals surface area contributed by atoms with Gasteiger partial charge in [-0.2, -0.15) is 0 Å². The summed E-state index contributed by atoms with van der Waals surface area (Å²) in [6.45, 7) is 1.98. The van der Waals surface area contributed by atoms with Crippen molar-refractivity contribution in [1.82, 2.24) is 14.8 Å². The van der Waals surface area contributed by atoms with E-state index in [1.165, 1.54) is 12.8 Å². The third-order valence-corrected chi connectivity index (χ3v) is 6.31. The normalized spacial score (nSPS) is 21.1. The summed E-state index contributed by atoms with van der Waals surface area (Å²) in [5, 5.41) is 10.3. The topological polar surface area (TPSA) is 51.0 Å². The summed E-state index contributed by atoms with van der Waals surface area (Å²) in [5.41, 5.74) is 0.949. The van der Waals surface area contributed by atoms with Crippen molar-refractivity contribution < 1.29 is 4.79 Å². The molecule has 1 aliphatic heterocycles. The zero-order valence-electron chi connectivity index (χ0n) is 14.0. The lowest BCUT2D eigenvalue weighted by atomic mass is 9.99. The Morgan fingerprint density at radius 1 is 1.12 bits per heavy atom. The van der Waals surface area contributed by atoms with Gasteiger partial charge in [0.1, 0.15) is 5.78 Å². The van der Waals surface area contributed by atoms with Gasteiger partial charge in [-0.05, 0) is 43.9 Å². The summed E-state index contributed by atoms with van der Waals surface area (Å²) < 4.78 is 2.06. The van der Waals surface area contributed by atoms with Crippen LogP contribution in [-0.2, 0) is 4.79 Å². The van der Waals surface area contributed by atoms with E-state index in [-0.39, 0.29) is 5.25 Å². The third-order valence-electron chi connectivity index (χ3n) is 4.82. The Labute approximate surface area is 156 Å². The van der Waals surface area contributed by atoms with Crippen LogP contribution in [0, 0.1) is 0 Å². The van der Waals surface area contributed by atoms with Crippen LogP contribution in [0.3, 0.4) is 0 Å². The van der Waals surface area contributed by atoms with Gasteiger partial charge in [-0.15, -0.1) is 10.2 Å². The van der Waals surface area contributed by atoms with Crippen LogP contribution in [0.5, 0.6) is 0 Å². The van der Waals surface area contributed by atoms with Crippen molar-refractivity contribution in [3.63, 3.8) is 0 Å². The van der Waals surface area contributed by atoms with Gasteiger partial charge in [-0.1, -0.05) is 35.9 Å². The summed E-state index contributed by atoms with van der Waals surface area (Å²) in [6, 6.07) is 7.74. The molecule has 1 saturated heterocycles. The van der Waals surface area contributed by atoms with Crippen molar-refractivity contribution in [2.45, 2.75) is 48.9 Å². The first-order chi connectivity index (χ1) is 12.2. The van der Waals surface area contributed by atoms with Crippen molar-refractivity contribution in [3.05, 3.63) is 29.3 Å². The Kier molecular flexibility index (Phi) is 4.99. The molecule has 2 fully saturated rings. The van der Waals surface area contributed by atoms with Gasteiger partial charge in [0.05, 0.1) is 10.9 Å². The molecule has 7 heteroatoms. The number of nitrogens with zero attached hydrogens (tertiary/aromatic N) is 4. The van der Waals surface area contributed by atoms with Gasteiger partial charge < -0.3 is 4.90 Å². The number of carbonyl (C=O) groups is 1. The second kappa shape index (κ2) is 7.38. The van der Waals surface area contributed by atoms with E-state index >= 15 is 0 Å². The number of Topliss-reactive ketones (excluding diaryl/α,β-unsaturated/α-hetero) is 1. The van der Waals surface area contributed by atoms with Crippen LogP contribution in [0.15, 0.2) is 29.4 Å². The molecule has 0 N–H and O–H groups in total. The largest absolute Gasteiger partial charge is 0.341 e. The Morgan fingerprint density at radius 2 is 1.96 bits per heavy atom. The first-order valence-corrected chi connectivity index (χ1v) is 10.1. The van der Waals surface area contributed by atoms with E-state index in [4.69, 9.17) is 11.6 Å². The Morgan fingerprint density at radius 3 is 2.72 bits per heavy atom. The summed E-state index contributed by atoms with van der Waals surface area (Å²) >= 11 is 7.76.